The smallest absolute Gasteiger partial charge is 0.294 e. The fourth-order valence-electron chi connectivity index (χ4n) is 4.35. The van der Waals surface area contributed by atoms with E-state index in [1.807, 2.05) is 44.2 Å². The van der Waals surface area contributed by atoms with Crippen molar-refractivity contribution in [1.29, 1.82) is 0 Å². The molecule has 1 saturated heterocycles. The Morgan fingerprint density at radius 2 is 1.66 bits per heavy atom. The van der Waals surface area contributed by atoms with Crippen molar-refractivity contribution in [2.45, 2.75) is 13.8 Å². The number of rotatable bonds is 5. The molecule has 7 heteroatoms. The zero-order chi connectivity index (χ0) is 24.5. The van der Waals surface area contributed by atoms with E-state index >= 15 is 0 Å². The fraction of sp³-hybridized carbons (Fsp3) is 0.107. The van der Waals surface area contributed by atoms with Crippen LogP contribution >= 0.6 is 11.8 Å². The van der Waals surface area contributed by atoms with Crippen molar-refractivity contribution in [2.24, 2.45) is 0 Å². The number of para-hydroxylation sites is 1. The second-order valence-corrected chi connectivity index (χ2v) is 9.34. The summed E-state index contributed by atoms with van der Waals surface area (Å²) in [6, 6.07) is 25.3. The maximum Gasteiger partial charge on any atom is 0.294 e. The van der Waals surface area contributed by atoms with Crippen LogP contribution in [-0.4, -0.2) is 33.1 Å². The Kier molecular flexibility index (Phi) is 6.01. The van der Waals surface area contributed by atoms with Crippen molar-refractivity contribution in [3.63, 3.8) is 0 Å². The summed E-state index contributed by atoms with van der Waals surface area (Å²) in [4.78, 5) is 39.2. The van der Waals surface area contributed by atoms with Gasteiger partial charge in [0.05, 0.1) is 10.6 Å². The van der Waals surface area contributed by atoms with Gasteiger partial charge in [-0.15, -0.1) is 0 Å². The highest BCUT2D eigenvalue weighted by molar-refractivity contribution is 8.18. The van der Waals surface area contributed by atoms with Crippen LogP contribution in [0.2, 0.25) is 0 Å². The van der Waals surface area contributed by atoms with Gasteiger partial charge in [-0.1, -0.05) is 54.6 Å². The molecule has 35 heavy (non-hydrogen) atoms. The Morgan fingerprint density at radius 1 is 0.943 bits per heavy atom. The third kappa shape index (κ3) is 4.38. The molecule has 6 nitrogen and oxygen atoms in total. The Morgan fingerprint density at radius 3 is 2.46 bits per heavy atom. The van der Waals surface area contributed by atoms with E-state index in [2.05, 4.69) is 34.1 Å². The van der Waals surface area contributed by atoms with Crippen LogP contribution in [-0.2, 0) is 9.59 Å². The summed E-state index contributed by atoms with van der Waals surface area (Å²) in [5.41, 5.74) is 4.51. The summed E-state index contributed by atoms with van der Waals surface area (Å²) in [5, 5.41) is 4.54. The van der Waals surface area contributed by atoms with Gasteiger partial charge < -0.3 is 9.88 Å². The Balaban J connectivity index is 1.41. The lowest BCUT2D eigenvalue weighted by Crippen LogP contribution is -2.36. The van der Waals surface area contributed by atoms with Crippen molar-refractivity contribution < 1.29 is 14.4 Å². The zero-order valence-corrected chi connectivity index (χ0v) is 20.1. The van der Waals surface area contributed by atoms with Gasteiger partial charge in [-0.05, 0) is 66.9 Å². The topological polar surface area (TPSA) is 71.4 Å². The third-order valence-electron chi connectivity index (χ3n) is 6.00. The lowest BCUT2D eigenvalue weighted by Gasteiger charge is -2.13. The van der Waals surface area contributed by atoms with Crippen molar-refractivity contribution in [1.82, 2.24) is 9.47 Å². The molecule has 0 spiro atoms. The number of benzene rings is 3. The number of imide groups is 1. The minimum absolute atomic E-state index is 0.306. The monoisotopic (exact) mass is 481 g/mol. The number of aromatic nitrogens is 1. The van der Waals surface area contributed by atoms with Gasteiger partial charge in [-0.3, -0.25) is 19.3 Å². The van der Waals surface area contributed by atoms with Gasteiger partial charge in [-0.25, -0.2) is 0 Å². The predicted molar refractivity (Wildman–Crippen MR) is 140 cm³/mol. The lowest BCUT2D eigenvalue weighted by molar-refractivity contribution is -0.127. The minimum atomic E-state index is -0.460. The van der Waals surface area contributed by atoms with Crippen molar-refractivity contribution in [2.75, 3.05) is 11.9 Å². The number of nitrogens with one attached hydrogen (secondary N) is 1. The van der Waals surface area contributed by atoms with Gasteiger partial charge >= 0.3 is 0 Å². The predicted octanol–water partition coefficient (Wildman–Crippen LogP) is 5.92. The van der Waals surface area contributed by atoms with Gasteiger partial charge in [0, 0.05) is 22.5 Å². The molecular weight excluding hydrogens is 458 g/mol. The van der Waals surface area contributed by atoms with Gasteiger partial charge in [0.2, 0.25) is 5.91 Å². The number of anilines is 1. The van der Waals surface area contributed by atoms with Crippen LogP contribution in [0.3, 0.4) is 0 Å². The molecule has 0 atom stereocenters. The highest BCUT2D eigenvalue weighted by atomic mass is 32.2. The van der Waals surface area contributed by atoms with Crippen molar-refractivity contribution in [3.05, 3.63) is 101 Å². The first kappa shape index (κ1) is 22.7. The molecule has 174 valence electrons. The van der Waals surface area contributed by atoms with Crippen LogP contribution in [0, 0.1) is 13.8 Å². The number of fused-ring (bicyclic) bond motifs is 1. The second kappa shape index (κ2) is 9.27. The number of hydrogen-bond acceptors (Lipinski definition) is 4. The summed E-state index contributed by atoms with van der Waals surface area (Å²) >= 11 is 0.856. The van der Waals surface area contributed by atoms with Crippen molar-refractivity contribution >= 4 is 51.4 Å². The SMILES string of the molecule is Cc1cc(/C=C2\SC(=O)N(CC(=O)Nc3ccccc3)C2=O)c(C)n1-c1cccc2ccccc12. The third-order valence-corrected chi connectivity index (χ3v) is 6.90. The Bertz CT molecular complexity index is 1500. The van der Waals surface area contributed by atoms with Crippen LogP contribution in [0.5, 0.6) is 0 Å². The van der Waals surface area contributed by atoms with E-state index in [0.29, 0.717) is 10.6 Å². The van der Waals surface area contributed by atoms with E-state index in [1.165, 1.54) is 0 Å². The molecule has 0 saturated carbocycles. The summed E-state index contributed by atoms with van der Waals surface area (Å²) < 4.78 is 2.16. The number of carbonyl (C=O) groups is 3. The number of thioether (sulfide) groups is 1. The molecule has 1 aliphatic heterocycles. The number of carbonyl (C=O) groups excluding carboxylic acids is 3. The zero-order valence-electron chi connectivity index (χ0n) is 19.3. The second-order valence-electron chi connectivity index (χ2n) is 8.34. The van der Waals surface area contributed by atoms with Crippen LogP contribution < -0.4 is 5.32 Å². The number of aryl methyl sites for hydroxylation is 1. The largest absolute Gasteiger partial charge is 0.325 e. The Labute approximate surface area is 207 Å². The van der Waals surface area contributed by atoms with E-state index in [1.54, 1.807) is 30.3 Å². The van der Waals surface area contributed by atoms with Gasteiger partial charge in [0.1, 0.15) is 6.54 Å². The van der Waals surface area contributed by atoms with Gasteiger partial charge in [0.15, 0.2) is 0 Å². The maximum absolute atomic E-state index is 13.0. The summed E-state index contributed by atoms with van der Waals surface area (Å²) in [7, 11) is 0. The first-order valence-corrected chi connectivity index (χ1v) is 12.0. The molecule has 5 rings (SSSR count). The van der Waals surface area contributed by atoms with Crippen LogP contribution in [0.4, 0.5) is 10.5 Å². The highest BCUT2D eigenvalue weighted by Crippen LogP contribution is 2.34. The first-order valence-electron chi connectivity index (χ1n) is 11.2. The molecule has 0 bridgehead atoms. The van der Waals surface area contributed by atoms with Gasteiger partial charge in [0.25, 0.3) is 11.1 Å². The molecular formula is C28H23N3O3S. The molecule has 3 amide bonds. The molecule has 1 fully saturated rings. The highest BCUT2D eigenvalue weighted by Gasteiger charge is 2.36. The molecule has 2 heterocycles. The normalized spacial score (nSPS) is 14.8. The lowest BCUT2D eigenvalue weighted by atomic mass is 10.1. The van der Waals surface area contributed by atoms with Crippen LogP contribution in [0.15, 0.2) is 83.8 Å². The van der Waals surface area contributed by atoms with E-state index in [0.717, 1.165) is 50.1 Å². The maximum atomic E-state index is 13.0. The molecule has 1 N–H and O–H groups in total. The van der Waals surface area contributed by atoms with E-state index in [9.17, 15) is 14.4 Å². The molecule has 0 radical (unpaired) electrons. The Hall–Kier alpha value is -4.10. The number of nitrogens with zero attached hydrogens (tertiary/aromatic N) is 2. The van der Waals surface area contributed by atoms with Crippen LogP contribution in [0.25, 0.3) is 22.5 Å². The average Bonchev–Trinajstić information content (AvgIpc) is 3.28. The minimum Gasteiger partial charge on any atom is -0.325 e. The molecule has 1 aliphatic rings. The number of hydrogen-bond donors (Lipinski definition) is 1. The molecule has 4 aromatic rings. The summed E-state index contributed by atoms with van der Waals surface area (Å²) in [5.74, 6) is -0.882. The van der Waals surface area contributed by atoms with Crippen LogP contribution in [0.1, 0.15) is 17.0 Å². The average molecular weight is 482 g/mol. The molecule has 3 aromatic carbocycles. The summed E-state index contributed by atoms with van der Waals surface area (Å²) in [6.07, 6.45) is 1.74. The van der Waals surface area contributed by atoms with Crippen molar-refractivity contribution in [3.8, 4) is 5.69 Å². The van der Waals surface area contributed by atoms with E-state index in [4.69, 9.17) is 0 Å². The molecule has 0 unspecified atom stereocenters. The number of amides is 3. The quantitative estimate of drug-likeness (QED) is 0.359. The summed E-state index contributed by atoms with van der Waals surface area (Å²) in [6.45, 7) is 3.69. The van der Waals surface area contributed by atoms with E-state index < -0.39 is 17.1 Å². The van der Waals surface area contributed by atoms with Gasteiger partial charge in [-0.2, -0.15) is 0 Å². The van der Waals surface area contributed by atoms with E-state index in [-0.39, 0.29) is 6.54 Å². The molecule has 1 aromatic heterocycles. The first-order chi connectivity index (χ1) is 16.9. The molecule has 0 aliphatic carbocycles. The standard InChI is InChI=1S/C28H23N3O3S/c1-18-15-21(19(2)31(18)24-14-8-10-20-9-6-7-13-23(20)24)16-25-27(33)30(28(34)35-25)17-26(32)29-22-11-4-3-5-12-22/h3-16H,17H2,1-2H3,(H,29,32)/b25-16-. The fourth-order valence-corrected chi connectivity index (χ4v) is 5.18.